The van der Waals surface area contributed by atoms with Crippen LogP contribution in [0.2, 0.25) is 0 Å². The molecule has 0 N–H and O–H groups in total. The first-order valence-electron chi connectivity index (χ1n) is 8.40. The highest BCUT2D eigenvalue weighted by molar-refractivity contribution is 6.21. The highest BCUT2D eigenvalue weighted by Crippen LogP contribution is 2.37. The van der Waals surface area contributed by atoms with Gasteiger partial charge in [-0.25, -0.2) is 0 Å². The smallest absolute Gasteiger partial charge is 0.237 e. The normalized spacial score (nSPS) is 19.1. The molecule has 2 rings (SSSR count). The fourth-order valence-electron chi connectivity index (χ4n) is 2.98. The van der Waals surface area contributed by atoms with Gasteiger partial charge in [0.1, 0.15) is 0 Å². The van der Waals surface area contributed by atoms with Crippen LogP contribution >= 0.6 is 0 Å². The number of carbonyl (C=O) groups excluding carboxylic acids is 3. The van der Waals surface area contributed by atoms with Crippen molar-refractivity contribution in [1.82, 2.24) is 0 Å². The minimum atomic E-state index is -0.320. The molecule has 4 nitrogen and oxygen atoms in total. The van der Waals surface area contributed by atoms with E-state index in [-0.39, 0.29) is 40.8 Å². The van der Waals surface area contributed by atoms with Crippen LogP contribution in [0.15, 0.2) is 24.3 Å². The molecule has 0 spiro atoms. The minimum absolute atomic E-state index is 0.0239. The third-order valence-electron chi connectivity index (χ3n) is 4.31. The predicted octanol–water partition coefficient (Wildman–Crippen LogP) is 4.23. The summed E-state index contributed by atoms with van der Waals surface area (Å²) in [5, 5.41) is 0. The molecule has 2 amide bonds. The molecule has 130 valence electrons. The van der Waals surface area contributed by atoms with Crippen LogP contribution in [0.1, 0.15) is 64.7 Å². The summed E-state index contributed by atoms with van der Waals surface area (Å²) in [6.07, 6.45) is 0.644. The van der Waals surface area contributed by atoms with Crippen molar-refractivity contribution < 1.29 is 14.4 Å². The Morgan fingerprint density at radius 2 is 1.75 bits per heavy atom. The summed E-state index contributed by atoms with van der Waals surface area (Å²) >= 11 is 0. The number of ketones is 1. The number of anilines is 1. The number of carbonyl (C=O) groups is 3. The molecule has 1 aliphatic rings. The van der Waals surface area contributed by atoms with Gasteiger partial charge in [0.05, 0.1) is 11.6 Å². The van der Waals surface area contributed by atoms with Gasteiger partial charge in [0.2, 0.25) is 11.8 Å². The molecule has 1 saturated heterocycles. The minimum Gasteiger partial charge on any atom is -0.294 e. The van der Waals surface area contributed by atoms with Gasteiger partial charge in [-0.05, 0) is 23.0 Å². The Bertz CT molecular complexity index is 677. The van der Waals surface area contributed by atoms with Crippen LogP contribution < -0.4 is 4.90 Å². The van der Waals surface area contributed by atoms with Crippen molar-refractivity contribution in [2.45, 2.75) is 54.4 Å². The lowest BCUT2D eigenvalue weighted by molar-refractivity contribution is -0.123. The SMILES string of the molecule is CC(C)(C)CC(=O)c1cccc(N2C(=O)CC(C(C)(C)C)C2=O)c1. The van der Waals surface area contributed by atoms with Crippen LogP contribution in [0.3, 0.4) is 0 Å². The quantitative estimate of drug-likeness (QED) is 0.616. The zero-order valence-corrected chi connectivity index (χ0v) is 15.5. The number of Topliss-reactive ketones (excluding diaryl/α,β-unsaturated/α-hetero) is 1. The van der Waals surface area contributed by atoms with E-state index in [1.165, 1.54) is 4.90 Å². The van der Waals surface area contributed by atoms with Crippen molar-refractivity contribution in [3.05, 3.63) is 29.8 Å². The molecule has 1 atom stereocenters. The fraction of sp³-hybridized carbons (Fsp3) is 0.550. The van der Waals surface area contributed by atoms with Crippen molar-refractivity contribution in [3.8, 4) is 0 Å². The molecule has 1 aromatic rings. The molecule has 0 saturated carbocycles. The first kappa shape index (κ1) is 18.4. The lowest BCUT2D eigenvalue weighted by atomic mass is 9.80. The predicted molar refractivity (Wildman–Crippen MR) is 94.9 cm³/mol. The monoisotopic (exact) mass is 329 g/mol. The largest absolute Gasteiger partial charge is 0.294 e. The maximum absolute atomic E-state index is 12.7. The van der Waals surface area contributed by atoms with E-state index < -0.39 is 0 Å². The fourth-order valence-corrected chi connectivity index (χ4v) is 2.98. The zero-order valence-electron chi connectivity index (χ0n) is 15.5. The highest BCUT2D eigenvalue weighted by Gasteiger charge is 2.45. The van der Waals surface area contributed by atoms with Gasteiger partial charge in [0.15, 0.2) is 5.78 Å². The summed E-state index contributed by atoms with van der Waals surface area (Å²) in [7, 11) is 0. The molecular formula is C20H27NO3. The Kier molecular flexibility index (Phi) is 4.71. The summed E-state index contributed by atoms with van der Waals surface area (Å²) in [5.74, 6) is -0.664. The molecule has 0 aromatic heterocycles. The Balaban J connectivity index is 2.30. The topological polar surface area (TPSA) is 54.5 Å². The average Bonchev–Trinajstić information content (AvgIpc) is 2.72. The van der Waals surface area contributed by atoms with Gasteiger partial charge < -0.3 is 0 Å². The first-order chi connectivity index (χ1) is 10.9. The van der Waals surface area contributed by atoms with Crippen LogP contribution in [0.25, 0.3) is 0 Å². The van der Waals surface area contributed by atoms with E-state index in [2.05, 4.69) is 0 Å². The highest BCUT2D eigenvalue weighted by atomic mass is 16.2. The Morgan fingerprint density at radius 1 is 1.12 bits per heavy atom. The van der Waals surface area contributed by atoms with E-state index in [4.69, 9.17) is 0 Å². The average molecular weight is 329 g/mol. The molecule has 0 radical (unpaired) electrons. The van der Waals surface area contributed by atoms with E-state index in [0.717, 1.165) is 0 Å². The maximum Gasteiger partial charge on any atom is 0.237 e. The second-order valence-corrected chi connectivity index (χ2v) is 8.90. The van der Waals surface area contributed by atoms with Crippen LogP contribution in [0, 0.1) is 16.7 Å². The Labute approximate surface area is 144 Å². The van der Waals surface area contributed by atoms with Gasteiger partial charge >= 0.3 is 0 Å². The molecule has 1 aromatic carbocycles. The molecule has 1 aliphatic heterocycles. The van der Waals surface area contributed by atoms with E-state index in [1.807, 2.05) is 41.5 Å². The van der Waals surface area contributed by atoms with Gasteiger partial charge in [0, 0.05) is 18.4 Å². The standard InChI is InChI=1S/C20H27NO3/c1-19(2,3)12-16(22)13-8-7-9-14(10-13)21-17(23)11-15(18(21)24)20(4,5)6/h7-10,15H,11-12H2,1-6H3. The van der Waals surface area contributed by atoms with E-state index in [1.54, 1.807) is 24.3 Å². The van der Waals surface area contributed by atoms with Crippen LogP contribution in [0.4, 0.5) is 5.69 Å². The summed E-state index contributed by atoms with van der Waals surface area (Å²) in [6.45, 7) is 11.9. The van der Waals surface area contributed by atoms with Crippen LogP contribution in [-0.2, 0) is 9.59 Å². The summed E-state index contributed by atoms with van der Waals surface area (Å²) in [5.41, 5.74) is 0.670. The van der Waals surface area contributed by atoms with Crippen molar-refractivity contribution in [2.24, 2.45) is 16.7 Å². The zero-order chi connectivity index (χ0) is 18.3. The molecule has 0 aliphatic carbocycles. The van der Waals surface area contributed by atoms with Crippen LogP contribution in [-0.4, -0.2) is 17.6 Å². The van der Waals surface area contributed by atoms with E-state index in [9.17, 15) is 14.4 Å². The number of amides is 2. The lowest BCUT2D eigenvalue weighted by Gasteiger charge is -2.25. The van der Waals surface area contributed by atoms with Crippen molar-refractivity contribution in [1.29, 1.82) is 0 Å². The van der Waals surface area contributed by atoms with Crippen LogP contribution in [0.5, 0.6) is 0 Å². The van der Waals surface area contributed by atoms with E-state index >= 15 is 0 Å². The molecule has 4 heteroatoms. The van der Waals surface area contributed by atoms with E-state index in [0.29, 0.717) is 17.7 Å². The van der Waals surface area contributed by atoms with Gasteiger partial charge in [-0.2, -0.15) is 0 Å². The van der Waals surface area contributed by atoms with Gasteiger partial charge in [-0.3, -0.25) is 19.3 Å². The second-order valence-electron chi connectivity index (χ2n) is 8.90. The van der Waals surface area contributed by atoms with Crippen molar-refractivity contribution in [3.63, 3.8) is 0 Å². The summed E-state index contributed by atoms with van der Waals surface area (Å²) in [4.78, 5) is 38.7. The number of rotatable bonds is 3. The summed E-state index contributed by atoms with van der Waals surface area (Å²) < 4.78 is 0. The lowest BCUT2D eigenvalue weighted by Crippen LogP contribution is -2.34. The molecule has 1 heterocycles. The third kappa shape index (κ3) is 3.92. The number of hydrogen-bond acceptors (Lipinski definition) is 3. The summed E-state index contributed by atoms with van der Waals surface area (Å²) in [6, 6.07) is 6.85. The number of benzene rings is 1. The molecular weight excluding hydrogens is 302 g/mol. The maximum atomic E-state index is 12.7. The Morgan fingerprint density at radius 3 is 2.25 bits per heavy atom. The van der Waals surface area contributed by atoms with Gasteiger partial charge in [0.25, 0.3) is 0 Å². The number of imide groups is 1. The van der Waals surface area contributed by atoms with Gasteiger partial charge in [-0.15, -0.1) is 0 Å². The van der Waals surface area contributed by atoms with Crippen molar-refractivity contribution >= 4 is 23.3 Å². The Hall–Kier alpha value is -1.97. The number of hydrogen-bond donors (Lipinski definition) is 0. The molecule has 1 unspecified atom stereocenters. The first-order valence-corrected chi connectivity index (χ1v) is 8.40. The molecule has 0 bridgehead atoms. The molecule has 1 fully saturated rings. The van der Waals surface area contributed by atoms with Crippen molar-refractivity contribution in [2.75, 3.05) is 4.90 Å². The second kappa shape index (κ2) is 6.15. The van der Waals surface area contributed by atoms with Gasteiger partial charge in [-0.1, -0.05) is 53.7 Å². The number of nitrogens with zero attached hydrogens (tertiary/aromatic N) is 1. The molecule has 24 heavy (non-hydrogen) atoms. The third-order valence-corrected chi connectivity index (χ3v) is 4.31.